The molecular weight excluding hydrogens is 404 g/mol. The van der Waals surface area contributed by atoms with Crippen LogP contribution in [0.5, 0.6) is 0 Å². The number of rotatable bonds is 7. The number of anilines is 1. The Labute approximate surface area is 182 Å². The van der Waals surface area contributed by atoms with Crippen molar-refractivity contribution in [3.8, 4) is 0 Å². The second-order valence-electron chi connectivity index (χ2n) is 7.77. The molecule has 1 N–H and O–H groups in total. The van der Waals surface area contributed by atoms with Crippen LogP contribution in [0, 0.1) is 5.92 Å². The molecule has 1 saturated heterocycles. The molecule has 2 aromatic rings. The van der Waals surface area contributed by atoms with E-state index in [1.807, 2.05) is 37.3 Å². The molecule has 2 heterocycles. The van der Waals surface area contributed by atoms with E-state index in [1.54, 1.807) is 11.8 Å². The number of amides is 1. The minimum atomic E-state index is -0.0304. The zero-order valence-electron chi connectivity index (χ0n) is 17.3. The predicted octanol–water partition coefficient (Wildman–Crippen LogP) is 5.19. The number of nitrogens with one attached hydrogen (secondary N) is 1. The molecule has 1 amide bonds. The molecule has 0 aliphatic carbocycles. The first kappa shape index (κ1) is 21.9. The molecule has 3 rings (SSSR count). The Hall–Kier alpha value is -1.79. The molecule has 29 heavy (non-hydrogen) atoms. The number of carbonyl (C=O) groups is 1. The van der Waals surface area contributed by atoms with Crippen LogP contribution in [-0.2, 0) is 5.75 Å². The van der Waals surface area contributed by atoms with E-state index in [0.717, 1.165) is 42.6 Å². The summed E-state index contributed by atoms with van der Waals surface area (Å²) in [5.74, 6) is 2.38. The summed E-state index contributed by atoms with van der Waals surface area (Å²) in [6.07, 6.45) is 3.28. The van der Waals surface area contributed by atoms with Gasteiger partial charge in [-0.2, -0.15) is 0 Å². The van der Waals surface area contributed by atoms with Crippen LogP contribution in [-0.4, -0.2) is 35.0 Å². The Balaban J connectivity index is 1.60. The first-order chi connectivity index (χ1) is 13.9. The van der Waals surface area contributed by atoms with Gasteiger partial charge in [0.15, 0.2) is 5.16 Å². The van der Waals surface area contributed by atoms with Gasteiger partial charge in [0.25, 0.3) is 5.91 Å². The summed E-state index contributed by atoms with van der Waals surface area (Å²) < 4.78 is 0. The second kappa shape index (κ2) is 10.3. The third kappa shape index (κ3) is 6.34. The molecule has 0 spiro atoms. The number of carbonyl (C=O) groups excluding carboxylic acids is 1. The van der Waals surface area contributed by atoms with Crippen molar-refractivity contribution in [2.45, 2.75) is 57.0 Å². The van der Waals surface area contributed by atoms with Gasteiger partial charge in [-0.15, -0.1) is 0 Å². The number of piperidine rings is 1. The van der Waals surface area contributed by atoms with Crippen LogP contribution < -0.4 is 10.2 Å². The molecule has 1 aromatic carbocycles. The molecule has 156 valence electrons. The van der Waals surface area contributed by atoms with Gasteiger partial charge in [-0.25, -0.2) is 9.97 Å². The van der Waals surface area contributed by atoms with Gasteiger partial charge >= 0.3 is 0 Å². The lowest BCUT2D eigenvalue weighted by atomic mass is 9.99. The van der Waals surface area contributed by atoms with E-state index < -0.39 is 0 Å². The van der Waals surface area contributed by atoms with E-state index in [9.17, 15) is 4.79 Å². The largest absolute Gasteiger partial charge is 0.356 e. The highest BCUT2D eigenvalue weighted by atomic mass is 35.5. The van der Waals surface area contributed by atoms with Crippen LogP contribution >= 0.6 is 23.4 Å². The van der Waals surface area contributed by atoms with Crippen LogP contribution in [0.2, 0.25) is 5.15 Å². The van der Waals surface area contributed by atoms with E-state index in [-0.39, 0.29) is 11.9 Å². The maximum absolute atomic E-state index is 12.2. The maximum atomic E-state index is 12.2. The Morgan fingerprint density at radius 1 is 1.28 bits per heavy atom. The summed E-state index contributed by atoms with van der Waals surface area (Å²) in [5, 5.41) is 4.15. The molecule has 0 radical (unpaired) electrons. The van der Waals surface area contributed by atoms with Crippen LogP contribution in [0.15, 0.2) is 35.5 Å². The zero-order valence-corrected chi connectivity index (χ0v) is 18.9. The van der Waals surface area contributed by atoms with E-state index >= 15 is 0 Å². The third-order valence-corrected chi connectivity index (χ3v) is 6.45. The number of aromatic nitrogens is 2. The highest BCUT2D eigenvalue weighted by Crippen LogP contribution is 2.27. The molecule has 1 aliphatic rings. The number of hydrogen-bond acceptors (Lipinski definition) is 5. The maximum Gasteiger partial charge on any atom is 0.251 e. The van der Waals surface area contributed by atoms with Gasteiger partial charge in [-0.1, -0.05) is 49.3 Å². The van der Waals surface area contributed by atoms with Crippen LogP contribution in [0.1, 0.15) is 56.0 Å². The number of hydrogen-bond donors (Lipinski definition) is 1. The van der Waals surface area contributed by atoms with Crippen LogP contribution in [0.3, 0.4) is 0 Å². The average molecular weight is 433 g/mol. The Bertz CT molecular complexity index is 822. The first-order valence-electron chi connectivity index (χ1n) is 10.3. The SMILES string of the molecule is CCC(C)NC(=O)c1ccc(CSc2nc(Cl)cc(N3CCC(C)CC3)n2)cc1. The fourth-order valence-corrected chi connectivity index (χ4v) is 4.20. The molecule has 1 aromatic heterocycles. The first-order valence-corrected chi connectivity index (χ1v) is 11.6. The Kier molecular flexibility index (Phi) is 7.78. The highest BCUT2D eigenvalue weighted by Gasteiger charge is 2.18. The van der Waals surface area contributed by atoms with Crippen molar-refractivity contribution < 1.29 is 4.79 Å². The van der Waals surface area contributed by atoms with Crippen molar-refractivity contribution in [3.63, 3.8) is 0 Å². The van der Waals surface area contributed by atoms with Crippen molar-refractivity contribution in [2.24, 2.45) is 5.92 Å². The lowest BCUT2D eigenvalue weighted by Gasteiger charge is -2.31. The van der Waals surface area contributed by atoms with E-state index in [0.29, 0.717) is 15.9 Å². The molecule has 7 heteroatoms. The normalized spacial score (nSPS) is 15.9. The van der Waals surface area contributed by atoms with Gasteiger partial charge in [0, 0.05) is 36.5 Å². The zero-order chi connectivity index (χ0) is 20.8. The Morgan fingerprint density at radius 2 is 1.97 bits per heavy atom. The summed E-state index contributed by atoms with van der Waals surface area (Å²) in [6, 6.07) is 9.73. The molecule has 0 bridgehead atoms. The summed E-state index contributed by atoms with van der Waals surface area (Å²) in [4.78, 5) is 23.6. The van der Waals surface area contributed by atoms with Gasteiger partial charge < -0.3 is 10.2 Å². The van der Waals surface area contributed by atoms with Crippen molar-refractivity contribution >= 4 is 35.1 Å². The van der Waals surface area contributed by atoms with Gasteiger partial charge in [0.1, 0.15) is 11.0 Å². The smallest absolute Gasteiger partial charge is 0.251 e. The fourth-order valence-electron chi connectivity index (χ4n) is 3.16. The lowest BCUT2D eigenvalue weighted by molar-refractivity contribution is 0.0939. The summed E-state index contributed by atoms with van der Waals surface area (Å²) in [6.45, 7) is 8.38. The molecule has 1 atom stereocenters. The van der Waals surface area contributed by atoms with Crippen LogP contribution in [0.25, 0.3) is 0 Å². The van der Waals surface area contributed by atoms with Crippen LogP contribution in [0.4, 0.5) is 5.82 Å². The molecule has 1 unspecified atom stereocenters. The average Bonchev–Trinajstić information content (AvgIpc) is 2.72. The van der Waals surface area contributed by atoms with E-state index in [2.05, 4.69) is 29.0 Å². The van der Waals surface area contributed by atoms with Gasteiger partial charge in [-0.3, -0.25) is 4.79 Å². The predicted molar refractivity (Wildman–Crippen MR) is 121 cm³/mol. The van der Waals surface area contributed by atoms with Crippen molar-refractivity contribution in [1.82, 2.24) is 15.3 Å². The number of halogens is 1. The summed E-state index contributed by atoms with van der Waals surface area (Å²) in [7, 11) is 0. The van der Waals surface area contributed by atoms with Crippen molar-refractivity contribution in [2.75, 3.05) is 18.0 Å². The topological polar surface area (TPSA) is 58.1 Å². The quantitative estimate of drug-likeness (QED) is 0.370. The number of benzene rings is 1. The minimum Gasteiger partial charge on any atom is -0.356 e. The highest BCUT2D eigenvalue weighted by molar-refractivity contribution is 7.98. The monoisotopic (exact) mass is 432 g/mol. The number of thioether (sulfide) groups is 1. The third-order valence-electron chi connectivity index (χ3n) is 5.34. The van der Waals surface area contributed by atoms with E-state index in [4.69, 9.17) is 16.6 Å². The van der Waals surface area contributed by atoms with Crippen molar-refractivity contribution in [1.29, 1.82) is 0 Å². The van der Waals surface area contributed by atoms with E-state index in [1.165, 1.54) is 12.8 Å². The molecular formula is C22H29ClN4OS. The summed E-state index contributed by atoms with van der Waals surface area (Å²) >= 11 is 7.81. The second-order valence-corrected chi connectivity index (χ2v) is 9.10. The molecule has 0 saturated carbocycles. The van der Waals surface area contributed by atoms with Gasteiger partial charge in [0.2, 0.25) is 0 Å². The molecule has 1 aliphatic heterocycles. The molecule has 1 fully saturated rings. The van der Waals surface area contributed by atoms with Gasteiger partial charge in [0.05, 0.1) is 0 Å². The lowest BCUT2D eigenvalue weighted by Crippen LogP contribution is -2.33. The standard InChI is InChI=1S/C22H29ClN4OS/c1-4-16(3)24-21(28)18-7-5-17(6-8-18)14-29-22-25-19(23)13-20(26-22)27-11-9-15(2)10-12-27/h5-8,13,15-16H,4,9-12,14H2,1-3H3,(H,24,28). The Morgan fingerprint density at radius 3 is 2.62 bits per heavy atom. The fraction of sp³-hybridized carbons (Fsp3) is 0.500. The van der Waals surface area contributed by atoms with Gasteiger partial charge in [-0.05, 0) is 49.8 Å². The van der Waals surface area contributed by atoms with Crippen molar-refractivity contribution in [3.05, 3.63) is 46.6 Å². The molecule has 5 nitrogen and oxygen atoms in total. The summed E-state index contributed by atoms with van der Waals surface area (Å²) in [5.41, 5.74) is 1.80. The number of nitrogens with zero attached hydrogens (tertiary/aromatic N) is 3. The minimum absolute atomic E-state index is 0.0304.